The molecule has 0 saturated carbocycles. The first-order valence-electron chi connectivity index (χ1n) is 8.36. The van der Waals surface area contributed by atoms with Gasteiger partial charge in [0.05, 0.1) is 6.10 Å². The van der Waals surface area contributed by atoms with E-state index in [-0.39, 0.29) is 6.10 Å². The second-order valence-electron chi connectivity index (χ2n) is 5.97. The first-order valence-corrected chi connectivity index (χ1v) is 8.36. The predicted molar refractivity (Wildman–Crippen MR) is 87.0 cm³/mol. The molecule has 0 spiro atoms. The minimum atomic E-state index is 0.174. The third-order valence-corrected chi connectivity index (χ3v) is 3.91. The molecular formula is C18H29NO2. The van der Waals surface area contributed by atoms with Gasteiger partial charge in [-0.2, -0.15) is 0 Å². The first kappa shape index (κ1) is 16.3. The Labute approximate surface area is 129 Å². The third-order valence-electron chi connectivity index (χ3n) is 3.91. The molecule has 3 nitrogen and oxygen atoms in total. The van der Waals surface area contributed by atoms with Crippen molar-refractivity contribution in [1.29, 1.82) is 0 Å². The number of hydrogen-bond donors (Lipinski definition) is 1. The van der Waals surface area contributed by atoms with Crippen LogP contribution in [0.2, 0.25) is 0 Å². The van der Waals surface area contributed by atoms with Crippen LogP contribution in [0.5, 0.6) is 5.75 Å². The van der Waals surface area contributed by atoms with Gasteiger partial charge in [-0.25, -0.2) is 0 Å². The van der Waals surface area contributed by atoms with Gasteiger partial charge >= 0.3 is 0 Å². The van der Waals surface area contributed by atoms with Crippen molar-refractivity contribution in [2.75, 3.05) is 19.7 Å². The van der Waals surface area contributed by atoms with E-state index >= 15 is 0 Å². The maximum atomic E-state index is 5.94. The SMILES string of the molecule is CCCCc1ccc(OC(C)CNCC2CCCO2)cc1. The molecule has 1 aliphatic heterocycles. The van der Waals surface area contributed by atoms with Crippen LogP contribution < -0.4 is 10.1 Å². The Morgan fingerprint density at radius 3 is 2.81 bits per heavy atom. The highest BCUT2D eigenvalue weighted by Gasteiger charge is 2.15. The van der Waals surface area contributed by atoms with Crippen LogP contribution in [0.1, 0.15) is 45.1 Å². The average Bonchev–Trinajstić information content (AvgIpc) is 3.00. The van der Waals surface area contributed by atoms with E-state index in [9.17, 15) is 0 Å². The molecule has 0 bridgehead atoms. The molecule has 21 heavy (non-hydrogen) atoms. The number of hydrogen-bond acceptors (Lipinski definition) is 3. The molecule has 1 N–H and O–H groups in total. The smallest absolute Gasteiger partial charge is 0.119 e. The zero-order valence-corrected chi connectivity index (χ0v) is 13.4. The fourth-order valence-electron chi connectivity index (χ4n) is 2.64. The standard InChI is InChI=1S/C18H29NO2/c1-3-4-6-16-8-10-17(11-9-16)21-15(2)13-19-14-18-7-5-12-20-18/h8-11,15,18-19H,3-7,12-14H2,1-2H3. The van der Waals surface area contributed by atoms with Gasteiger partial charge in [0.15, 0.2) is 0 Å². The van der Waals surface area contributed by atoms with E-state index in [0.717, 1.165) is 31.9 Å². The van der Waals surface area contributed by atoms with Crippen LogP contribution in [0.4, 0.5) is 0 Å². The Bertz CT molecular complexity index is 385. The van der Waals surface area contributed by atoms with E-state index in [1.54, 1.807) is 0 Å². The normalized spacial score (nSPS) is 19.6. The van der Waals surface area contributed by atoms with E-state index in [0.29, 0.717) is 6.10 Å². The second kappa shape index (κ2) is 9.06. The fraction of sp³-hybridized carbons (Fsp3) is 0.667. The average molecular weight is 291 g/mol. The summed E-state index contributed by atoms with van der Waals surface area (Å²) in [6.07, 6.45) is 6.61. The van der Waals surface area contributed by atoms with Crippen LogP contribution >= 0.6 is 0 Å². The number of benzene rings is 1. The van der Waals surface area contributed by atoms with Gasteiger partial charge in [-0.05, 0) is 50.3 Å². The quantitative estimate of drug-likeness (QED) is 0.754. The van der Waals surface area contributed by atoms with Crippen molar-refractivity contribution >= 4 is 0 Å². The monoisotopic (exact) mass is 291 g/mol. The Kier molecular flexibility index (Phi) is 7.04. The van der Waals surface area contributed by atoms with Crippen molar-refractivity contribution in [3.05, 3.63) is 29.8 Å². The summed E-state index contributed by atoms with van der Waals surface area (Å²) in [5.74, 6) is 0.960. The Morgan fingerprint density at radius 2 is 2.14 bits per heavy atom. The lowest BCUT2D eigenvalue weighted by atomic mass is 10.1. The molecule has 0 aromatic heterocycles. The van der Waals surface area contributed by atoms with Crippen molar-refractivity contribution in [2.24, 2.45) is 0 Å². The molecule has 118 valence electrons. The Balaban J connectivity index is 1.65. The minimum Gasteiger partial charge on any atom is -0.489 e. The topological polar surface area (TPSA) is 30.5 Å². The number of unbranched alkanes of at least 4 members (excludes halogenated alkanes) is 1. The van der Waals surface area contributed by atoms with E-state index < -0.39 is 0 Å². The van der Waals surface area contributed by atoms with Gasteiger partial charge in [0.2, 0.25) is 0 Å². The Hall–Kier alpha value is -1.06. The van der Waals surface area contributed by atoms with E-state index in [1.165, 1.54) is 31.2 Å². The highest BCUT2D eigenvalue weighted by atomic mass is 16.5. The molecule has 2 rings (SSSR count). The summed E-state index contributed by atoms with van der Waals surface area (Å²) in [6.45, 7) is 7.04. The molecule has 3 heteroatoms. The van der Waals surface area contributed by atoms with Crippen LogP contribution in [0.25, 0.3) is 0 Å². The molecule has 1 fully saturated rings. The highest BCUT2D eigenvalue weighted by Crippen LogP contribution is 2.15. The molecule has 0 amide bonds. The largest absolute Gasteiger partial charge is 0.489 e. The van der Waals surface area contributed by atoms with Crippen LogP contribution in [0.3, 0.4) is 0 Å². The van der Waals surface area contributed by atoms with Crippen molar-refractivity contribution in [1.82, 2.24) is 5.32 Å². The summed E-state index contributed by atoms with van der Waals surface area (Å²) in [5, 5.41) is 3.44. The summed E-state index contributed by atoms with van der Waals surface area (Å²) < 4.78 is 11.5. The molecule has 1 aromatic carbocycles. The summed E-state index contributed by atoms with van der Waals surface area (Å²) in [5.41, 5.74) is 1.40. The van der Waals surface area contributed by atoms with Crippen LogP contribution in [0.15, 0.2) is 24.3 Å². The van der Waals surface area contributed by atoms with Gasteiger partial charge in [-0.3, -0.25) is 0 Å². The van der Waals surface area contributed by atoms with E-state index in [1.807, 2.05) is 0 Å². The third kappa shape index (κ3) is 6.06. The highest BCUT2D eigenvalue weighted by molar-refractivity contribution is 5.27. The van der Waals surface area contributed by atoms with Crippen molar-refractivity contribution in [2.45, 2.75) is 58.2 Å². The molecule has 1 aromatic rings. The summed E-state index contributed by atoms with van der Waals surface area (Å²) in [7, 11) is 0. The zero-order valence-electron chi connectivity index (χ0n) is 13.4. The van der Waals surface area contributed by atoms with Gasteiger partial charge in [-0.15, -0.1) is 0 Å². The fourth-order valence-corrected chi connectivity index (χ4v) is 2.64. The lowest BCUT2D eigenvalue weighted by Crippen LogP contribution is -2.34. The molecule has 1 heterocycles. The zero-order chi connectivity index (χ0) is 14.9. The van der Waals surface area contributed by atoms with E-state index in [4.69, 9.17) is 9.47 Å². The molecule has 2 unspecified atom stereocenters. The molecule has 2 atom stereocenters. The Morgan fingerprint density at radius 1 is 1.33 bits per heavy atom. The number of nitrogens with one attached hydrogen (secondary N) is 1. The first-order chi connectivity index (χ1) is 10.3. The molecule has 0 aliphatic carbocycles. The maximum Gasteiger partial charge on any atom is 0.119 e. The van der Waals surface area contributed by atoms with Crippen LogP contribution in [-0.4, -0.2) is 31.9 Å². The van der Waals surface area contributed by atoms with Crippen molar-refractivity contribution < 1.29 is 9.47 Å². The summed E-state index contributed by atoms with van der Waals surface area (Å²) in [6, 6.07) is 8.53. The second-order valence-corrected chi connectivity index (χ2v) is 5.97. The van der Waals surface area contributed by atoms with Crippen molar-refractivity contribution in [3.8, 4) is 5.75 Å². The van der Waals surface area contributed by atoms with Crippen LogP contribution in [0, 0.1) is 0 Å². The number of aryl methyl sites for hydroxylation is 1. The van der Waals surface area contributed by atoms with Crippen LogP contribution in [-0.2, 0) is 11.2 Å². The molecular weight excluding hydrogens is 262 g/mol. The van der Waals surface area contributed by atoms with Gasteiger partial charge in [0, 0.05) is 19.7 Å². The molecule has 0 radical (unpaired) electrons. The summed E-state index contributed by atoms with van der Waals surface area (Å²) >= 11 is 0. The minimum absolute atomic E-state index is 0.174. The van der Waals surface area contributed by atoms with E-state index in [2.05, 4.69) is 43.4 Å². The predicted octanol–water partition coefficient (Wildman–Crippen LogP) is 3.57. The van der Waals surface area contributed by atoms with Gasteiger partial charge < -0.3 is 14.8 Å². The maximum absolute atomic E-state index is 5.94. The van der Waals surface area contributed by atoms with Gasteiger partial charge in [-0.1, -0.05) is 25.5 Å². The van der Waals surface area contributed by atoms with Gasteiger partial charge in [0.1, 0.15) is 11.9 Å². The lowest BCUT2D eigenvalue weighted by molar-refractivity contribution is 0.106. The lowest BCUT2D eigenvalue weighted by Gasteiger charge is -2.17. The van der Waals surface area contributed by atoms with Gasteiger partial charge in [0.25, 0.3) is 0 Å². The summed E-state index contributed by atoms with van der Waals surface area (Å²) in [4.78, 5) is 0. The number of rotatable bonds is 9. The van der Waals surface area contributed by atoms with Crippen molar-refractivity contribution in [3.63, 3.8) is 0 Å². The molecule has 1 saturated heterocycles. The number of ether oxygens (including phenoxy) is 2. The molecule has 1 aliphatic rings.